The minimum atomic E-state index is -0.854. The van der Waals surface area contributed by atoms with Gasteiger partial charge in [-0.3, -0.25) is 4.79 Å². The van der Waals surface area contributed by atoms with Crippen molar-refractivity contribution in [2.45, 2.75) is 31.7 Å². The van der Waals surface area contributed by atoms with E-state index in [2.05, 4.69) is 20.3 Å². The van der Waals surface area contributed by atoms with Crippen LogP contribution in [0.3, 0.4) is 0 Å². The molecule has 0 aromatic carbocycles. The van der Waals surface area contributed by atoms with E-state index in [1.54, 1.807) is 17.8 Å². The van der Waals surface area contributed by atoms with Crippen molar-refractivity contribution in [3.63, 3.8) is 0 Å². The van der Waals surface area contributed by atoms with Gasteiger partial charge in [0, 0.05) is 30.2 Å². The molecular formula is C21H21F2N5O2. The Morgan fingerprint density at radius 1 is 1.17 bits per heavy atom. The summed E-state index contributed by atoms with van der Waals surface area (Å²) < 4.78 is 30.1. The van der Waals surface area contributed by atoms with Gasteiger partial charge in [-0.05, 0) is 43.6 Å². The van der Waals surface area contributed by atoms with E-state index in [9.17, 15) is 18.7 Å². The van der Waals surface area contributed by atoms with Gasteiger partial charge in [-0.1, -0.05) is 0 Å². The first-order chi connectivity index (χ1) is 14.4. The predicted molar refractivity (Wildman–Crippen MR) is 106 cm³/mol. The lowest BCUT2D eigenvalue weighted by molar-refractivity contribution is -0.148. The average Bonchev–Trinajstić information content (AvgIpc) is 3.06. The number of halogens is 2. The number of nitrogens with one attached hydrogen (secondary N) is 1. The van der Waals surface area contributed by atoms with E-state index >= 15 is 0 Å². The second kappa shape index (κ2) is 7.00. The number of aryl methyl sites for hydroxylation is 1. The van der Waals surface area contributed by atoms with Gasteiger partial charge in [-0.2, -0.15) is 0 Å². The molecule has 0 amide bonds. The van der Waals surface area contributed by atoms with Crippen molar-refractivity contribution in [1.82, 2.24) is 19.5 Å². The molecule has 3 aliphatic carbocycles. The summed E-state index contributed by atoms with van der Waals surface area (Å²) in [6, 6.07) is 0.969. The van der Waals surface area contributed by atoms with Gasteiger partial charge in [-0.15, -0.1) is 0 Å². The monoisotopic (exact) mass is 413 g/mol. The predicted octanol–water partition coefficient (Wildman–Crippen LogP) is 3.61. The molecule has 0 radical (unpaired) electrons. The Hall–Kier alpha value is -3.10. The topological polar surface area (TPSA) is 92.9 Å². The summed E-state index contributed by atoms with van der Waals surface area (Å²) in [5.41, 5.74) is 1.09. The number of nitrogens with zero attached hydrogens (tertiary/aromatic N) is 4. The zero-order valence-electron chi connectivity index (χ0n) is 16.3. The van der Waals surface area contributed by atoms with Gasteiger partial charge in [0.2, 0.25) is 0 Å². The highest BCUT2D eigenvalue weighted by molar-refractivity contribution is 5.92. The van der Waals surface area contributed by atoms with Crippen molar-refractivity contribution in [3.05, 3.63) is 36.3 Å². The summed E-state index contributed by atoms with van der Waals surface area (Å²) >= 11 is 0. The number of hydrogen-bond donors (Lipinski definition) is 2. The molecule has 3 aliphatic rings. The van der Waals surface area contributed by atoms with Crippen LogP contribution < -0.4 is 5.32 Å². The average molecular weight is 413 g/mol. The van der Waals surface area contributed by atoms with Gasteiger partial charge in [-0.25, -0.2) is 23.7 Å². The van der Waals surface area contributed by atoms with Crippen LogP contribution in [-0.2, 0) is 11.8 Å². The first-order valence-corrected chi connectivity index (χ1v) is 10.0. The molecule has 0 saturated heterocycles. The van der Waals surface area contributed by atoms with E-state index < -0.39 is 23.5 Å². The number of hydrogen-bond acceptors (Lipinski definition) is 5. The molecule has 3 fully saturated rings. The molecular weight excluding hydrogens is 392 g/mol. The van der Waals surface area contributed by atoms with Crippen LogP contribution in [-0.4, -0.2) is 36.6 Å². The second-order valence-electron chi connectivity index (χ2n) is 8.28. The number of rotatable bonds is 4. The van der Waals surface area contributed by atoms with E-state index in [0.29, 0.717) is 16.6 Å². The largest absolute Gasteiger partial charge is 0.481 e. The lowest BCUT2D eigenvalue weighted by atomic mass is 9.61. The summed E-state index contributed by atoms with van der Waals surface area (Å²) in [6.07, 6.45) is 7.57. The van der Waals surface area contributed by atoms with Crippen molar-refractivity contribution in [2.75, 3.05) is 5.32 Å². The zero-order chi connectivity index (χ0) is 21.0. The van der Waals surface area contributed by atoms with Crippen LogP contribution >= 0.6 is 0 Å². The Kier molecular flexibility index (Phi) is 4.41. The zero-order valence-corrected chi connectivity index (χ0v) is 16.3. The molecule has 2 N–H and O–H groups in total. The van der Waals surface area contributed by atoms with E-state index in [-0.39, 0.29) is 29.5 Å². The molecule has 2 bridgehead atoms. The molecule has 0 aliphatic heterocycles. The molecule has 3 heterocycles. The highest BCUT2D eigenvalue weighted by Crippen LogP contribution is 2.46. The highest BCUT2D eigenvalue weighted by Gasteiger charge is 2.47. The number of fused-ring (bicyclic) bond motifs is 4. The van der Waals surface area contributed by atoms with E-state index in [4.69, 9.17) is 0 Å². The summed E-state index contributed by atoms with van der Waals surface area (Å²) in [7, 11) is 1.77. The number of carboxylic acids is 1. The SMILES string of the molecule is Cn1cc(-c2ncc(F)c(NC3C4CCC(CC4)C3C(=O)O)n2)c2cc(F)cnc21. The van der Waals surface area contributed by atoms with Gasteiger partial charge >= 0.3 is 5.97 Å². The lowest BCUT2D eigenvalue weighted by Crippen LogP contribution is -2.51. The van der Waals surface area contributed by atoms with Crippen LogP contribution in [0.5, 0.6) is 0 Å². The van der Waals surface area contributed by atoms with Crippen molar-refractivity contribution in [1.29, 1.82) is 0 Å². The van der Waals surface area contributed by atoms with Gasteiger partial charge < -0.3 is 15.0 Å². The fourth-order valence-electron chi connectivity index (χ4n) is 5.18. The molecule has 6 rings (SSSR count). The first kappa shape index (κ1) is 18.9. The number of anilines is 1. The number of carbonyl (C=O) groups is 1. The van der Waals surface area contributed by atoms with Crippen LogP contribution in [0.1, 0.15) is 25.7 Å². The fraction of sp³-hybridized carbons (Fsp3) is 0.429. The van der Waals surface area contributed by atoms with E-state index in [1.165, 1.54) is 6.07 Å². The number of pyridine rings is 1. The number of carboxylic acid groups (broad SMARTS) is 1. The molecule has 156 valence electrons. The lowest BCUT2D eigenvalue weighted by Gasteiger charge is -2.47. The van der Waals surface area contributed by atoms with Crippen molar-refractivity contribution in [3.8, 4) is 11.4 Å². The molecule has 0 spiro atoms. The first-order valence-electron chi connectivity index (χ1n) is 10.0. The third-order valence-electron chi connectivity index (χ3n) is 6.57. The second-order valence-corrected chi connectivity index (χ2v) is 8.28. The summed E-state index contributed by atoms with van der Waals surface area (Å²) in [5, 5.41) is 13.4. The van der Waals surface area contributed by atoms with E-state index in [0.717, 1.165) is 38.1 Å². The third kappa shape index (κ3) is 3.00. The fourth-order valence-corrected chi connectivity index (χ4v) is 5.18. The molecule has 3 aromatic rings. The third-order valence-corrected chi connectivity index (χ3v) is 6.57. The Morgan fingerprint density at radius 3 is 2.63 bits per heavy atom. The molecule has 3 aromatic heterocycles. The maximum atomic E-state index is 14.6. The minimum Gasteiger partial charge on any atom is -0.481 e. The van der Waals surface area contributed by atoms with Crippen molar-refractivity contribution >= 4 is 22.8 Å². The highest BCUT2D eigenvalue weighted by atomic mass is 19.1. The van der Waals surface area contributed by atoms with Gasteiger partial charge in [0.15, 0.2) is 17.5 Å². The normalized spacial score (nSPS) is 25.6. The van der Waals surface area contributed by atoms with Crippen LogP contribution in [0.2, 0.25) is 0 Å². The maximum Gasteiger partial charge on any atom is 0.308 e. The molecule has 3 saturated carbocycles. The van der Waals surface area contributed by atoms with Crippen LogP contribution in [0, 0.1) is 29.4 Å². The summed E-state index contributed by atoms with van der Waals surface area (Å²) in [4.78, 5) is 24.4. The standard InChI is InChI=1S/C21H21F2N5O2/c1-28-9-14(13-6-12(22)7-25-20(13)28)18-24-8-15(23)19(27-18)26-17-11-4-2-10(3-5-11)16(17)21(29)30/h6-11,16-17H,2-5H2,1H3,(H,29,30)(H,24,26,27). The van der Waals surface area contributed by atoms with Gasteiger partial charge in [0.25, 0.3) is 0 Å². The summed E-state index contributed by atoms with van der Waals surface area (Å²) in [5.74, 6) is -2.08. The van der Waals surface area contributed by atoms with Gasteiger partial charge in [0.1, 0.15) is 11.5 Å². The van der Waals surface area contributed by atoms with E-state index in [1.807, 2.05) is 0 Å². The Morgan fingerprint density at radius 2 is 1.90 bits per heavy atom. The Balaban J connectivity index is 1.53. The van der Waals surface area contributed by atoms with Crippen LogP contribution in [0.25, 0.3) is 22.4 Å². The Bertz CT molecular complexity index is 1140. The Labute approximate surface area is 171 Å². The smallest absolute Gasteiger partial charge is 0.308 e. The van der Waals surface area contributed by atoms with Crippen LogP contribution in [0.4, 0.5) is 14.6 Å². The molecule has 30 heavy (non-hydrogen) atoms. The molecule has 2 unspecified atom stereocenters. The minimum absolute atomic E-state index is 0.0230. The molecule has 7 nitrogen and oxygen atoms in total. The van der Waals surface area contributed by atoms with Crippen LogP contribution in [0.15, 0.2) is 24.7 Å². The number of aliphatic carboxylic acids is 1. The molecule has 9 heteroatoms. The van der Waals surface area contributed by atoms with Crippen molar-refractivity contribution < 1.29 is 18.7 Å². The maximum absolute atomic E-state index is 14.6. The quantitative estimate of drug-likeness (QED) is 0.679. The molecule has 2 atom stereocenters. The van der Waals surface area contributed by atoms with Gasteiger partial charge in [0.05, 0.1) is 18.3 Å². The number of aromatic nitrogens is 4. The van der Waals surface area contributed by atoms with Crippen molar-refractivity contribution in [2.24, 2.45) is 24.8 Å². The summed E-state index contributed by atoms with van der Waals surface area (Å²) in [6.45, 7) is 0.